The highest BCUT2D eigenvalue weighted by atomic mass is 16.1. The molecule has 0 aromatic carbocycles. The number of aldehydes is 1. The molecule has 0 unspecified atom stereocenters. The maximum atomic E-state index is 10.6. The highest BCUT2D eigenvalue weighted by Crippen LogP contribution is 2.09. The zero-order chi connectivity index (χ0) is 8.43. The second kappa shape index (κ2) is 2.57. The number of primary amides is 1. The molecule has 0 spiro atoms. The summed E-state index contributed by atoms with van der Waals surface area (Å²) >= 11 is 0. The lowest BCUT2D eigenvalue weighted by atomic mass is 10.2. The molecule has 1 aromatic rings. The Morgan fingerprint density at radius 3 is 2.64 bits per heavy atom. The summed E-state index contributed by atoms with van der Waals surface area (Å²) in [5, 5.41) is 0. The van der Waals surface area contributed by atoms with Crippen LogP contribution in [0.5, 0.6) is 0 Å². The molecule has 1 heterocycles. The molecular formula is C7H8N2O2. The topological polar surface area (TPSA) is 76.0 Å². The van der Waals surface area contributed by atoms with Crippen LogP contribution in [0, 0.1) is 6.92 Å². The molecule has 0 aliphatic carbocycles. The molecular weight excluding hydrogens is 144 g/mol. The molecule has 0 saturated heterocycles. The summed E-state index contributed by atoms with van der Waals surface area (Å²) in [4.78, 5) is 23.6. The zero-order valence-electron chi connectivity index (χ0n) is 6.05. The Kier molecular flexibility index (Phi) is 1.76. The van der Waals surface area contributed by atoms with E-state index in [0.717, 1.165) is 0 Å². The quantitative estimate of drug-likeness (QED) is 0.595. The maximum Gasteiger partial charge on any atom is 0.250 e. The van der Waals surface area contributed by atoms with Crippen LogP contribution in [0.25, 0.3) is 0 Å². The minimum absolute atomic E-state index is 0.368. The van der Waals surface area contributed by atoms with E-state index in [-0.39, 0.29) is 0 Å². The van der Waals surface area contributed by atoms with E-state index in [1.807, 2.05) is 0 Å². The summed E-state index contributed by atoms with van der Waals surface area (Å²) in [7, 11) is 0. The molecule has 4 nitrogen and oxygen atoms in total. The summed E-state index contributed by atoms with van der Waals surface area (Å²) in [6.07, 6.45) is 2.09. The van der Waals surface area contributed by atoms with E-state index >= 15 is 0 Å². The predicted molar refractivity (Wildman–Crippen MR) is 39.4 cm³/mol. The molecule has 0 aliphatic heterocycles. The van der Waals surface area contributed by atoms with Gasteiger partial charge in [-0.2, -0.15) is 0 Å². The van der Waals surface area contributed by atoms with Gasteiger partial charge in [0.05, 0.1) is 11.3 Å². The van der Waals surface area contributed by atoms with Gasteiger partial charge in [0.15, 0.2) is 6.29 Å². The van der Waals surface area contributed by atoms with Crippen LogP contribution in [-0.4, -0.2) is 17.2 Å². The third kappa shape index (κ3) is 1.14. The van der Waals surface area contributed by atoms with E-state index in [0.29, 0.717) is 23.1 Å². The molecule has 0 radical (unpaired) electrons. The van der Waals surface area contributed by atoms with Crippen molar-refractivity contribution >= 4 is 12.2 Å². The van der Waals surface area contributed by atoms with Crippen LogP contribution in [-0.2, 0) is 0 Å². The van der Waals surface area contributed by atoms with Crippen LogP contribution in [0.3, 0.4) is 0 Å². The third-order valence-electron chi connectivity index (χ3n) is 1.56. The number of carbonyl (C=O) groups excluding carboxylic acids is 2. The van der Waals surface area contributed by atoms with E-state index in [1.54, 1.807) is 6.92 Å². The number of carbonyl (C=O) groups is 2. The number of nitrogens with one attached hydrogen (secondary N) is 1. The van der Waals surface area contributed by atoms with E-state index < -0.39 is 5.91 Å². The summed E-state index contributed by atoms with van der Waals surface area (Å²) in [6.45, 7) is 1.67. The molecule has 11 heavy (non-hydrogen) atoms. The molecule has 1 rings (SSSR count). The minimum atomic E-state index is -0.521. The molecule has 0 atom stereocenters. The summed E-state index contributed by atoms with van der Waals surface area (Å²) in [5.74, 6) is -0.521. The first-order valence-electron chi connectivity index (χ1n) is 3.09. The van der Waals surface area contributed by atoms with Gasteiger partial charge in [0.2, 0.25) is 0 Å². The molecule has 0 saturated carbocycles. The van der Waals surface area contributed by atoms with Crippen molar-refractivity contribution < 1.29 is 9.59 Å². The predicted octanol–water partition coefficient (Wildman–Crippen LogP) is 0.235. The van der Waals surface area contributed by atoms with Crippen LogP contribution in [0.4, 0.5) is 0 Å². The molecule has 3 N–H and O–H groups in total. The number of nitrogens with two attached hydrogens (primary N) is 1. The van der Waals surface area contributed by atoms with Crippen molar-refractivity contribution in [3.63, 3.8) is 0 Å². The summed E-state index contributed by atoms with van der Waals surface area (Å²) in [6, 6.07) is 0. The number of hydrogen-bond acceptors (Lipinski definition) is 2. The van der Waals surface area contributed by atoms with Crippen LogP contribution >= 0.6 is 0 Å². The average Bonchev–Trinajstić information content (AvgIpc) is 2.30. The fourth-order valence-corrected chi connectivity index (χ4v) is 0.890. The van der Waals surface area contributed by atoms with E-state index in [4.69, 9.17) is 5.73 Å². The lowest BCUT2D eigenvalue weighted by Gasteiger charge is -1.90. The molecule has 0 bridgehead atoms. The van der Waals surface area contributed by atoms with Crippen molar-refractivity contribution in [2.75, 3.05) is 0 Å². The number of H-pyrrole nitrogens is 1. The number of hydrogen-bond donors (Lipinski definition) is 2. The Morgan fingerprint density at radius 1 is 1.73 bits per heavy atom. The van der Waals surface area contributed by atoms with Gasteiger partial charge in [-0.3, -0.25) is 9.59 Å². The Bertz CT molecular complexity index is 301. The van der Waals surface area contributed by atoms with Crippen LogP contribution < -0.4 is 5.73 Å². The van der Waals surface area contributed by atoms with Crippen LogP contribution in [0.2, 0.25) is 0 Å². The fraction of sp³-hybridized carbons (Fsp3) is 0.143. The van der Waals surface area contributed by atoms with Crippen molar-refractivity contribution in [1.82, 2.24) is 4.98 Å². The van der Waals surface area contributed by atoms with Gasteiger partial charge in [0.25, 0.3) is 5.91 Å². The van der Waals surface area contributed by atoms with Gasteiger partial charge >= 0.3 is 0 Å². The standard InChI is InChI=1S/C7H8N2O2/c1-4-5(7(8)11)2-9-6(4)3-10/h2-3,9H,1H3,(H2,8,11). The van der Waals surface area contributed by atoms with Gasteiger partial charge < -0.3 is 10.7 Å². The SMILES string of the molecule is Cc1c(C(N)=O)c[nH]c1C=O. The molecule has 0 fully saturated rings. The first kappa shape index (κ1) is 7.53. The normalized spacial score (nSPS) is 9.55. The number of aromatic nitrogens is 1. The fourth-order valence-electron chi connectivity index (χ4n) is 0.890. The smallest absolute Gasteiger partial charge is 0.250 e. The van der Waals surface area contributed by atoms with Crippen molar-refractivity contribution in [3.05, 3.63) is 23.0 Å². The Balaban J connectivity index is 3.20. The van der Waals surface area contributed by atoms with Crippen molar-refractivity contribution in [2.24, 2.45) is 5.73 Å². The highest BCUT2D eigenvalue weighted by Gasteiger charge is 2.09. The van der Waals surface area contributed by atoms with Gasteiger partial charge in [-0.15, -0.1) is 0 Å². The number of amides is 1. The monoisotopic (exact) mass is 152 g/mol. The second-order valence-electron chi connectivity index (χ2n) is 2.22. The molecule has 0 aliphatic rings. The van der Waals surface area contributed by atoms with Crippen molar-refractivity contribution in [3.8, 4) is 0 Å². The first-order valence-corrected chi connectivity index (χ1v) is 3.09. The van der Waals surface area contributed by atoms with Crippen LogP contribution in [0.15, 0.2) is 6.20 Å². The van der Waals surface area contributed by atoms with Gasteiger partial charge in [-0.25, -0.2) is 0 Å². The van der Waals surface area contributed by atoms with Gasteiger partial charge in [0.1, 0.15) is 0 Å². The molecule has 1 aromatic heterocycles. The summed E-state index contributed by atoms with van der Waals surface area (Å²) < 4.78 is 0. The minimum Gasteiger partial charge on any atom is -0.366 e. The van der Waals surface area contributed by atoms with E-state index in [9.17, 15) is 9.59 Å². The van der Waals surface area contributed by atoms with Crippen molar-refractivity contribution in [1.29, 1.82) is 0 Å². The van der Waals surface area contributed by atoms with E-state index in [2.05, 4.69) is 4.98 Å². The van der Waals surface area contributed by atoms with Crippen LogP contribution in [0.1, 0.15) is 26.4 Å². The Morgan fingerprint density at radius 2 is 2.36 bits per heavy atom. The summed E-state index contributed by atoms with van der Waals surface area (Å²) in [5.41, 5.74) is 6.38. The van der Waals surface area contributed by atoms with E-state index in [1.165, 1.54) is 6.20 Å². The second-order valence-corrected chi connectivity index (χ2v) is 2.22. The number of aromatic amines is 1. The van der Waals surface area contributed by atoms with Gasteiger partial charge in [0, 0.05) is 6.20 Å². The van der Waals surface area contributed by atoms with Gasteiger partial charge in [-0.05, 0) is 12.5 Å². The third-order valence-corrected chi connectivity index (χ3v) is 1.56. The molecule has 4 heteroatoms. The Labute approximate surface area is 63.4 Å². The lowest BCUT2D eigenvalue weighted by molar-refractivity contribution is 0.1000. The molecule has 1 amide bonds. The maximum absolute atomic E-state index is 10.6. The van der Waals surface area contributed by atoms with Gasteiger partial charge in [-0.1, -0.05) is 0 Å². The largest absolute Gasteiger partial charge is 0.366 e. The Hall–Kier alpha value is -1.58. The zero-order valence-corrected chi connectivity index (χ0v) is 6.05. The molecule has 58 valence electrons. The lowest BCUT2D eigenvalue weighted by Crippen LogP contribution is -2.11. The van der Waals surface area contributed by atoms with Crippen molar-refractivity contribution in [2.45, 2.75) is 6.92 Å². The number of rotatable bonds is 2. The first-order chi connectivity index (χ1) is 5.16. The average molecular weight is 152 g/mol. The highest BCUT2D eigenvalue weighted by molar-refractivity contribution is 5.96.